The lowest BCUT2D eigenvalue weighted by molar-refractivity contribution is -0.145. The van der Waals surface area contributed by atoms with Crippen LogP contribution in [0.25, 0.3) is 0 Å². The van der Waals surface area contributed by atoms with Gasteiger partial charge in [0.2, 0.25) is 17.7 Å². The van der Waals surface area contributed by atoms with Crippen LogP contribution in [0.2, 0.25) is 0 Å². The molecule has 3 atom stereocenters. The molecule has 38 heavy (non-hydrogen) atoms. The molecule has 208 valence electrons. The van der Waals surface area contributed by atoms with Crippen LogP contribution >= 0.6 is 0 Å². The van der Waals surface area contributed by atoms with Gasteiger partial charge in [0.15, 0.2) is 5.78 Å². The molecular formula is C24H32F3N7O4. The topological polar surface area (TPSA) is 148 Å². The number of carbonyl (C=O) groups excluding carboxylic acids is 4. The lowest BCUT2D eigenvalue weighted by atomic mass is 10.0. The number of aromatic nitrogens is 4. The molecule has 0 aliphatic rings. The van der Waals surface area contributed by atoms with E-state index in [1.165, 1.54) is 6.92 Å². The number of nitrogens with zero attached hydrogens (tertiary/aromatic N) is 4. The van der Waals surface area contributed by atoms with Crippen LogP contribution in [-0.2, 0) is 38.3 Å². The summed E-state index contributed by atoms with van der Waals surface area (Å²) in [7, 11) is 0. The molecule has 3 amide bonds. The summed E-state index contributed by atoms with van der Waals surface area (Å²) in [6, 6.07) is 6.41. The van der Waals surface area contributed by atoms with E-state index in [1.54, 1.807) is 20.8 Å². The Morgan fingerprint density at radius 3 is 2.18 bits per heavy atom. The number of nitrogens with one attached hydrogen (secondary N) is 3. The highest BCUT2D eigenvalue weighted by molar-refractivity contribution is 5.94. The standard InChI is InChI=1S/C24H32F3N7O4/c1-5-17(18(35)13-34-32-23(31-33-34)24(25,26)27)29-21(37)15(4)28-22(38)20(14(2)3)30-19(36)12-11-16-9-7-6-8-10-16/h6-10,14-15,17,20H,5,11-13H2,1-4H3,(H,28,38)(H,29,37)(H,30,36). The zero-order valence-electron chi connectivity index (χ0n) is 21.6. The van der Waals surface area contributed by atoms with Crippen molar-refractivity contribution < 1.29 is 32.3 Å². The number of carbonyl (C=O) groups is 4. The maximum atomic E-state index is 12.8. The highest BCUT2D eigenvalue weighted by Crippen LogP contribution is 2.24. The normalized spacial score (nSPS) is 13.9. The first kappa shape index (κ1) is 30.4. The van der Waals surface area contributed by atoms with Crippen LogP contribution in [0, 0.1) is 5.92 Å². The molecule has 3 N–H and O–H groups in total. The minimum absolute atomic E-state index is 0.137. The van der Waals surface area contributed by atoms with Crippen molar-refractivity contribution in [1.29, 1.82) is 0 Å². The van der Waals surface area contributed by atoms with Crippen molar-refractivity contribution in [1.82, 2.24) is 36.2 Å². The van der Waals surface area contributed by atoms with Gasteiger partial charge in [-0.05, 0) is 36.5 Å². The molecule has 0 saturated heterocycles. The first-order chi connectivity index (χ1) is 17.8. The van der Waals surface area contributed by atoms with Crippen LogP contribution in [0.15, 0.2) is 30.3 Å². The van der Waals surface area contributed by atoms with Gasteiger partial charge in [0.05, 0.1) is 6.04 Å². The maximum absolute atomic E-state index is 12.8. The van der Waals surface area contributed by atoms with E-state index in [0.717, 1.165) is 5.56 Å². The molecule has 0 saturated carbocycles. The number of ketones is 1. The molecule has 0 radical (unpaired) electrons. The Morgan fingerprint density at radius 1 is 0.974 bits per heavy atom. The molecule has 1 heterocycles. The van der Waals surface area contributed by atoms with Gasteiger partial charge in [-0.3, -0.25) is 19.2 Å². The van der Waals surface area contributed by atoms with Gasteiger partial charge in [-0.15, -0.1) is 10.2 Å². The van der Waals surface area contributed by atoms with E-state index in [1.807, 2.05) is 30.3 Å². The SMILES string of the molecule is CCC(NC(=O)C(C)NC(=O)C(NC(=O)CCc1ccccc1)C(C)C)C(=O)Cn1nnc(C(F)(F)F)n1. The number of Topliss-reactive ketones (excluding diaryl/α,β-unsaturated/α-hetero) is 1. The summed E-state index contributed by atoms with van der Waals surface area (Å²) in [6.45, 7) is 5.88. The van der Waals surface area contributed by atoms with Crippen molar-refractivity contribution in [3.63, 3.8) is 0 Å². The smallest absolute Gasteiger partial charge is 0.344 e. The van der Waals surface area contributed by atoms with Crippen molar-refractivity contribution in [3.05, 3.63) is 41.7 Å². The van der Waals surface area contributed by atoms with Crippen molar-refractivity contribution in [2.75, 3.05) is 0 Å². The van der Waals surface area contributed by atoms with E-state index < -0.39 is 54.3 Å². The van der Waals surface area contributed by atoms with Gasteiger partial charge in [0, 0.05) is 6.42 Å². The molecule has 1 aromatic heterocycles. The zero-order valence-corrected chi connectivity index (χ0v) is 21.6. The fourth-order valence-electron chi connectivity index (χ4n) is 3.43. The second-order valence-electron chi connectivity index (χ2n) is 9.08. The van der Waals surface area contributed by atoms with E-state index in [4.69, 9.17) is 0 Å². The fraction of sp³-hybridized carbons (Fsp3) is 0.542. The molecule has 14 heteroatoms. The number of hydrogen-bond acceptors (Lipinski definition) is 7. The van der Waals surface area contributed by atoms with Crippen LogP contribution in [0.1, 0.15) is 51.9 Å². The summed E-state index contributed by atoms with van der Waals surface area (Å²) in [6.07, 6.45) is -3.98. The Bertz CT molecular complexity index is 1110. The number of aryl methyl sites for hydroxylation is 1. The number of rotatable bonds is 13. The van der Waals surface area contributed by atoms with Gasteiger partial charge in [-0.1, -0.05) is 51.1 Å². The summed E-state index contributed by atoms with van der Waals surface area (Å²) in [5.41, 5.74) is 0.985. The Balaban J connectivity index is 1.90. The molecular weight excluding hydrogens is 507 g/mol. The monoisotopic (exact) mass is 539 g/mol. The van der Waals surface area contributed by atoms with Gasteiger partial charge < -0.3 is 16.0 Å². The fourth-order valence-corrected chi connectivity index (χ4v) is 3.43. The number of halogens is 3. The van der Waals surface area contributed by atoms with Crippen LogP contribution in [0.3, 0.4) is 0 Å². The van der Waals surface area contributed by atoms with Gasteiger partial charge in [0.1, 0.15) is 18.6 Å². The summed E-state index contributed by atoms with van der Waals surface area (Å²) in [5.74, 6) is -3.96. The Kier molecular flexibility index (Phi) is 10.9. The Morgan fingerprint density at radius 2 is 1.63 bits per heavy atom. The number of benzene rings is 1. The second kappa shape index (κ2) is 13.6. The molecule has 11 nitrogen and oxygen atoms in total. The predicted molar refractivity (Wildman–Crippen MR) is 129 cm³/mol. The molecule has 0 aliphatic carbocycles. The molecule has 1 aromatic carbocycles. The number of hydrogen-bond donors (Lipinski definition) is 3. The van der Waals surface area contributed by atoms with Crippen molar-refractivity contribution in [3.8, 4) is 0 Å². The van der Waals surface area contributed by atoms with E-state index in [-0.39, 0.29) is 24.7 Å². The Labute approximate surface area is 217 Å². The van der Waals surface area contributed by atoms with Gasteiger partial charge >= 0.3 is 6.18 Å². The van der Waals surface area contributed by atoms with E-state index in [0.29, 0.717) is 11.2 Å². The third-order valence-electron chi connectivity index (χ3n) is 5.62. The molecule has 0 bridgehead atoms. The third-order valence-corrected chi connectivity index (χ3v) is 5.62. The molecule has 0 aliphatic heterocycles. The summed E-state index contributed by atoms with van der Waals surface area (Å²) >= 11 is 0. The molecule has 0 spiro atoms. The largest absolute Gasteiger partial charge is 0.455 e. The zero-order chi connectivity index (χ0) is 28.5. The van der Waals surface area contributed by atoms with Gasteiger partial charge in [0.25, 0.3) is 5.82 Å². The summed E-state index contributed by atoms with van der Waals surface area (Å²) in [5, 5.41) is 16.9. The van der Waals surface area contributed by atoms with Crippen LogP contribution in [0.5, 0.6) is 0 Å². The number of amides is 3. The first-order valence-corrected chi connectivity index (χ1v) is 12.1. The molecule has 3 unspecified atom stereocenters. The summed E-state index contributed by atoms with van der Waals surface area (Å²) < 4.78 is 37.9. The average Bonchev–Trinajstić information content (AvgIpc) is 3.33. The van der Waals surface area contributed by atoms with Crippen molar-refractivity contribution in [2.45, 2.75) is 77.8 Å². The van der Waals surface area contributed by atoms with Gasteiger partial charge in [-0.2, -0.15) is 18.0 Å². The average molecular weight is 540 g/mol. The highest BCUT2D eigenvalue weighted by atomic mass is 19.4. The van der Waals surface area contributed by atoms with E-state index >= 15 is 0 Å². The Hall–Kier alpha value is -3.84. The predicted octanol–water partition coefficient (Wildman–Crippen LogP) is 1.43. The van der Waals surface area contributed by atoms with Crippen LogP contribution in [-0.4, -0.2) is 61.8 Å². The highest BCUT2D eigenvalue weighted by Gasteiger charge is 2.37. The quantitative estimate of drug-likeness (QED) is 0.349. The third kappa shape index (κ3) is 9.23. The van der Waals surface area contributed by atoms with Crippen molar-refractivity contribution >= 4 is 23.5 Å². The first-order valence-electron chi connectivity index (χ1n) is 12.1. The minimum Gasteiger partial charge on any atom is -0.344 e. The second-order valence-corrected chi connectivity index (χ2v) is 9.08. The molecule has 0 fully saturated rings. The van der Waals surface area contributed by atoms with Crippen molar-refractivity contribution in [2.24, 2.45) is 5.92 Å². The van der Waals surface area contributed by atoms with Crippen LogP contribution in [0.4, 0.5) is 13.2 Å². The van der Waals surface area contributed by atoms with Crippen LogP contribution < -0.4 is 16.0 Å². The molecule has 2 rings (SSSR count). The number of alkyl halides is 3. The lowest BCUT2D eigenvalue weighted by Gasteiger charge is -2.25. The lowest BCUT2D eigenvalue weighted by Crippen LogP contribution is -2.56. The maximum Gasteiger partial charge on any atom is 0.455 e. The van der Waals surface area contributed by atoms with E-state index in [9.17, 15) is 32.3 Å². The van der Waals surface area contributed by atoms with E-state index in [2.05, 4.69) is 31.4 Å². The summed E-state index contributed by atoms with van der Waals surface area (Å²) in [4.78, 5) is 50.9. The number of tetrazole rings is 1. The molecule has 2 aromatic rings. The van der Waals surface area contributed by atoms with Gasteiger partial charge in [-0.25, -0.2) is 0 Å². The minimum atomic E-state index is -4.80.